The van der Waals surface area contributed by atoms with Gasteiger partial charge in [0.15, 0.2) is 0 Å². The number of anilines is 2. The molecule has 1 unspecified atom stereocenters. The van der Waals surface area contributed by atoms with Gasteiger partial charge in [0.05, 0.1) is 23.8 Å². The molecule has 2 heterocycles. The summed E-state index contributed by atoms with van der Waals surface area (Å²) in [4.78, 5) is 44.2. The zero-order valence-corrected chi connectivity index (χ0v) is 22.9. The SMILES string of the molecule is CC(C)(C)c1ccc(C(=O)N2c3ccc(C(=O)N4CCCNCC4)cc3NC(=O)CC2c2ccccc2)cc1. The minimum atomic E-state index is -0.500. The Morgan fingerprint density at radius 2 is 1.56 bits per heavy atom. The van der Waals surface area contributed by atoms with Crippen molar-refractivity contribution in [3.8, 4) is 0 Å². The average Bonchev–Trinajstić information content (AvgIpc) is 3.29. The Hall–Kier alpha value is -3.97. The lowest BCUT2D eigenvalue weighted by atomic mass is 9.86. The monoisotopic (exact) mass is 524 g/mol. The van der Waals surface area contributed by atoms with E-state index in [9.17, 15) is 14.4 Å². The molecule has 0 aromatic heterocycles. The van der Waals surface area contributed by atoms with Crippen molar-refractivity contribution in [1.82, 2.24) is 10.2 Å². The maximum Gasteiger partial charge on any atom is 0.258 e. The number of carbonyl (C=O) groups is 3. The van der Waals surface area contributed by atoms with Crippen LogP contribution in [0.5, 0.6) is 0 Å². The summed E-state index contributed by atoms with van der Waals surface area (Å²) >= 11 is 0. The van der Waals surface area contributed by atoms with Crippen molar-refractivity contribution in [3.63, 3.8) is 0 Å². The zero-order valence-electron chi connectivity index (χ0n) is 22.9. The van der Waals surface area contributed by atoms with E-state index in [-0.39, 0.29) is 29.6 Å². The average molecular weight is 525 g/mol. The summed E-state index contributed by atoms with van der Waals surface area (Å²) < 4.78 is 0. The Kier molecular flexibility index (Phi) is 7.53. The highest BCUT2D eigenvalue weighted by Gasteiger charge is 2.35. The van der Waals surface area contributed by atoms with Crippen LogP contribution in [-0.2, 0) is 10.2 Å². The van der Waals surface area contributed by atoms with E-state index in [1.165, 1.54) is 0 Å². The van der Waals surface area contributed by atoms with E-state index < -0.39 is 6.04 Å². The fraction of sp³-hybridized carbons (Fsp3) is 0.344. The van der Waals surface area contributed by atoms with E-state index in [2.05, 4.69) is 31.4 Å². The zero-order chi connectivity index (χ0) is 27.6. The molecule has 1 fully saturated rings. The fourth-order valence-corrected chi connectivity index (χ4v) is 5.29. The van der Waals surface area contributed by atoms with Crippen LogP contribution in [0.15, 0.2) is 72.8 Å². The molecule has 1 saturated heterocycles. The molecule has 0 aliphatic carbocycles. The van der Waals surface area contributed by atoms with Gasteiger partial charge >= 0.3 is 0 Å². The van der Waals surface area contributed by atoms with E-state index in [0.717, 1.165) is 30.6 Å². The van der Waals surface area contributed by atoms with Gasteiger partial charge in [-0.3, -0.25) is 19.3 Å². The molecule has 0 bridgehead atoms. The van der Waals surface area contributed by atoms with Gasteiger partial charge in [-0.1, -0.05) is 63.2 Å². The lowest BCUT2D eigenvalue weighted by molar-refractivity contribution is -0.116. The van der Waals surface area contributed by atoms with Crippen LogP contribution in [0.1, 0.15) is 71.5 Å². The number of carbonyl (C=O) groups excluding carboxylic acids is 3. The standard InChI is InChI=1S/C32H36N4O3/c1-32(2,3)25-13-10-23(11-14-25)31(39)36-27-15-12-24(30(38)35-18-7-16-33-17-19-35)20-26(27)34-29(37)21-28(36)22-8-5-4-6-9-22/h4-6,8-15,20,28,33H,7,16-19,21H2,1-3H3,(H,34,37). The van der Waals surface area contributed by atoms with E-state index in [0.29, 0.717) is 35.6 Å². The Balaban J connectivity index is 1.57. The third kappa shape index (κ3) is 5.73. The van der Waals surface area contributed by atoms with Crippen molar-refractivity contribution < 1.29 is 14.4 Å². The second kappa shape index (κ2) is 11.0. The number of nitrogens with zero attached hydrogens (tertiary/aromatic N) is 2. The number of nitrogens with one attached hydrogen (secondary N) is 2. The topological polar surface area (TPSA) is 81.8 Å². The van der Waals surface area contributed by atoms with Crippen LogP contribution in [0.2, 0.25) is 0 Å². The van der Waals surface area contributed by atoms with Crippen LogP contribution >= 0.6 is 0 Å². The quantitative estimate of drug-likeness (QED) is 0.497. The molecule has 0 spiro atoms. The third-order valence-corrected chi connectivity index (χ3v) is 7.50. The largest absolute Gasteiger partial charge is 0.337 e. The molecule has 0 radical (unpaired) electrons. The Morgan fingerprint density at radius 3 is 2.28 bits per heavy atom. The van der Waals surface area contributed by atoms with E-state index in [4.69, 9.17) is 0 Å². The summed E-state index contributed by atoms with van der Waals surface area (Å²) in [5, 5.41) is 6.30. The highest BCUT2D eigenvalue weighted by atomic mass is 16.2. The molecule has 3 aromatic carbocycles. The summed E-state index contributed by atoms with van der Waals surface area (Å²) in [6.07, 6.45) is 0.994. The molecule has 0 saturated carbocycles. The molecule has 7 nitrogen and oxygen atoms in total. The van der Waals surface area contributed by atoms with Gasteiger partial charge in [-0.25, -0.2) is 0 Å². The lowest BCUT2D eigenvalue weighted by Crippen LogP contribution is -2.35. The molecule has 2 aliphatic heterocycles. The lowest BCUT2D eigenvalue weighted by Gasteiger charge is -2.31. The molecule has 2 N–H and O–H groups in total. The maximum absolute atomic E-state index is 14.2. The van der Waals surface area contributed by atoms with E-state index in [1.807, 2.05) is 59.5 Å². The number of amides is 3. The highest BCUT2D eigenvalue weighted by Crippen LogP contribution is 2.40. The summed E-state index contributed by atoms with van der Waals surface area (Å²) in [5.74, 6) is -0.470. The fourth-order valence-electron chi connectivity index (χ4n) is 5.29. The number of hydrogen-bond donors (Lipinski definition) is 2. The Bertz CT molecular complexity index is 1350. The first-order valence-corrected chi connectivity index (χ1v) is 13.7. The maximum atomic E-state index is 14.2. The number of hydrogen-bond acceptors (Lipinski definition) is 4. The number of rotatable bonds is 3. The summed E-state index contributed by atoms with van der Waals surface area (Å²) in [6.45, 7) is 9.37. The van der Waals surface area contributed by atoms with Gasteiger partial charge in [-0.2, -0.15) is 0 Å². The van der Waals surface area contributed by atoms with Crippen molar-refractivity contribution in [2.45, 2.75) is 45.1 Å². The van der Waals surface area contributed by atoms with Gasteiger partial charge in [0.2, 0.25) is 5.91 Å². The summed E-state index contributed by atoms with van der Waals surface area (Å²) in [5.41, 5.74) is 4.06. The van der Waals surface area contributed by atoms with Gasteiger partial charge in [-0.05, 0) is 59.8 Å². The predicted molar refractivity (Wildman–Crippen MR) is 154 cm³/mol. The first-order valence-electron chi connectivity index (χ1n) is 13.7. The smallest absolute Gasteiger partial charge is 0.258 e. The first-order chi connectivity index (χ1) is 18.7. The molecule has 1 atom stereocenters. The van der Waals surface area contributed by atoms with Crippen molar-refractivity contribution >= 4 is 29.1 Å². The van der Waals surface area contributed by atoms with Crippen LogP contribution in [0.3, 0.4) is 0 Å². The number of benzene rings is 3. The summed E-state index contributed by atoms with van der Waals surface area (Å²) in [7, 11) is 0. The molecule has 3 aromatic rings. The van der Waals surface area contributed by atoms with Crippen LogP contribution in [0.25, 0.3) is 0 Å². The second-order valence-corrected chi connectivity index (χ2v) is 11.3. The summed E-state index contributed by atoms with van der Waals surface area (Å²) in [6, 6.07) is 22.1. The Morgan fingerprint density at radius 1 is 0.846 bits per heavy atom. The van der Waals surface area contributed by atoms with Gasteiger partial charge in [0.25, 0.3) is 11.8 Å². The molecular formula is C32H36N4O3. The minimum Gasteiger partial charge on any atom is -0.337 e. The van der Waals surface area contributed by atoms with Gasteiger partial charge in [0.1, 0.15) is 0 Å². The van der Waals surface area contributed by atoms with E-state index in [1.54, 1.807) is 23.1 Å². The minimum absolute atomic E-state index is 0.0356. The van der Waals surface area contributed by atoms with Gasteiger partial charge in [0, 0.05) is 30.8 Å². The highest BCUT2D eigenvalue weighted by molar-refractivity contribution is 6.12. The van der Waals surface area contributed by atoms with Gasteiger partial charge < -0.3 is 15.5 Å². The molecule has 3 amide bonds. The molecule has 7 heteroatoms. The first kappa shape index (κ1) is 26.6. The van der Waals surface area contributed by atoms with Crippen molar-refractivity contribution in [3.05, 3.63) is 95.1 Å². The van der Waals surface area contributed by atoms with Gasteiger partial charge in [-0.15, -0.1) is 0 Å². The predicted octanol–water partition coefficient (Wildman–Crippen LogP) is 5.15. The van der Waals surface area contributed by atoms with Crippen LogP contribution in [0, 0.1) is 0 Å². The van der Waals surface area contributed by atoms with Crippen molar-refractivity contribution in [2.24, 2.45) is 0 Å². The molecule has 5 rings (SSSR count). The molecule has 202 valence electrons. The molecule has 2 aliphatic rings. The van der Waals surface area contributed by atoms with Crippen LogP contribution in [0.4, 0.5) is 11.4 Å². The Labute approximate surface area is 230 Å². The van der Waals surface area contributed by atoms with E-state index >= 15 is 0 Å². The second-order valence-electron chi connectivity index (χ2n) is 11.3. The molecular weight excluding hydrogens is 488 g/mol. The van der Waals surface area contributed by atoms with Crippen LogP contribution in [-0.4, -0.2) is 48.8 Å². The third-order valence-electron chi connectivity index (χ3n) is 7.50. The van der Waals surface area contributed by atoms with Crippen molar-refractivity contribution in [2.75, 3.05) is 36.4 Å². The van der Waals surface area contributed by atoms with Crippen molar-refractivity contribution in [1.29, 1.82) is 0 Å². The van der Waals surface area contributed by atoms with Crippen LogP contribution < -0.4 is 15.5 Å². The number of fused-ring (bicyclic) bond motifs is 1. The normalized spacial score (nSPS) is 18.0. The molecule has 39 heavy (non-hydrogen) atoms.